The Kier molecular flexibility index (Phi) is 6.28. The van der Waals surface area contributed by atoms with Crippen LogP contribution >= 0.6 is 11.8 Å². The standard InChI is InChI=1S/C20H23N3O2S/c1-3-4-11-18-19(24)23(14-16-9-6-5-8-15(16)2)20(26-18)22-21-13-17-10-7-12-25-17/h5-10,12-13,18H,3-4,11,14H2,1-2H3/b21-13-,22-20+/t18-/m1/s1. The lowest BCUT2D eigenvalue weighted by molar-refractivity contribution is -0.126. The molecule has 26 heavy (non-hydrogen) atoms. The first kappa shape index (κ1) is 18.5. The van der Waals surface area contributed by atoms with Crippen molar-refractivity contribution in [1.82, 2.24) is 4.90 Å². The van der Waals surface area contributed by atoms with E-state index in [9.17, 15) is 4.79 Å². The molecule has 1 saturated heterocycles. The number of benzene rings is 1. The van der Waals surface area contributed by atoms with Crippen LogP contribution in [0.1, 0.15) is 43.1 Å². The second-order valence-electron chi connectivity index (χ2n) is 6.24. The van der Waals surface area contributed by atoms with Gasteiger partial charge in [-0.05, 0) is 36.6 Å². The molecule has 1 aromatic heterocycles. The van der Waals surface area contributed by atoms with Crippen molar-refractivity contribution in [2.45, 2.75) is 44.9 Å². The summed E-state index contributed by atoms with van der Waals surface area (Å²) >= 11 is 1.51. The highest BCUT2D eigenvalue weighted by atomic mass is 32.2. The predicted molar refractivity (Wildman–Crippen MR) is 106 cm³/mol. The van der Waals surface area contributed by atoms with Gasteiger partial charge >= 0.3 is 0 Å². The van der Waals surface area contributed by atoms with Gasteiger partial charge in [0.2, 0.25) is 5.91 Å². The van der Waals surface area contributed by atoms with Crippen molar-refractivity contribution in [3.05, 3.63) is 59.5 Å². The third kappa shape index (κ3) is 4.43. The molecule has 0 N–H and O–H groups in total. The largest absolute Gasteiger partial charge is 0.463 e. The molecule has 0 saturated carbocycles. The van der Waals surface area contributed by atoms with Gasteiger partial charge in [0, 0.05) is 0 Å². The van der Waals surface area contributed by atoms with Gasteiger partial charge in [-0.3, -0.25) is 9.69 Å². The molecule has 1 aliphatic rings. The van der Waals surface area contributed by atoms with E-state index in [2.05, 4.69) is 36.2 Å². The van der Waals surface area contributed by atoms with Crippen molar-refractivity contribution >= 4 is 29.1 Å². The molecule has 0 bridgehead atoms. The lowest BCUT2D eigenvalue weighted by Crippen LogP contribution is -2.31. The molecule has 1 aliphatic heterocycles. The Balaban J connectivity index is 1.81. The average molecular weight is 369 g/mol. The van der Waals surface area contributed by atoms with Crippen LogP contribution < -0.4 is 0 Å². The summed E-state index contributed by atoms with van der Waals surface area (Å²) in [6.45, 7) is 4.72. The summed E-state index contributed by atoms with van der Waals surface area (Å²) in [5.74, 6) is 0.760. The third-order valence-electron chi connectivity index (χ3n) is 4.30. The average Bonchev–Trinajstić information content (AvgIpc) is 3.25. The van der Waals surface area contributed by atoms with Crippen LogP contribution in [0.15, 0.2) is 57.3 Å². The monoisotopic (exact) mass is 369 g/mol. The molecular weight excluding hydrogens is 346 g/mol. The summed E-state index contributed by atoms with van der Waals surface area (Å²) in [5.41, 5.74) is 2.29. The summed E-state index contributed by atoms with van der Waals surface area (Å²) < 4.78 is 5.23. The number of hydrogen-bond donors (Lipinski definition) is 0. The molecule has 5 nitrogen and oxygen atoms in total. The summed E-state index contributed by atoms with van der Waals surface area (Å²) in [6.07, 6.45) is 6.12. The number of aryl methyl sites for hydroxylation is 1. The maximum Gasteiger partial charge on any atom is 0.242 e. The van der Waals surface area contributed by atoms with Gasteiger partial charge in [0.25, 0.3) is 0 Å². The Morgan fingerprint density at radius 3 is 2.85 bits per heavy atom. The minimum absolute atomic E-state index is 0.0727. The number of amidine groups is 1. The zero-order valence-corrected chi connectivity index (χ0v) is 15.9. The summed E-state index contributed by atoms with van der Waals surface area (Å²) in [4.78, 5) is 14.6. The van der Waals surface area contributed by atoms with E-state index in [0.717, 1.165) is 24.8 Å². The fourth-order valence-electron chi connectivity index (χ4n) is 2.76. The summed E-state index contributed by atoms with van der Waals surface area (Å²) in [5, 5.41) is 9.00. The molecule has 0 unspecified atom stereocenters. The van der Waals surface area contributed by atoms with Gasteiger partial charge < -0.3 is 4.42 Å². The van der Waals surface area contributed by atoms with E-state index < -0.39 is 0 Å². The topological polar surface area (TPSA) is 58.2 Å². The van der Waals surface area contributed by atoms with Crippen LogP contribution in [0.25, 0.3) is 0 Å². The smallest absolute Gasteiger partial charge is 0.242 e. The molecule has 1 atom stereocenters. The van der Waals surface area contributed by atoms with Crippen LogP contribution in [0.4, 0.5) is 0 Å². The number of hydrogen-bond acceptors (Lipinski definition) is 5. The number of carbonyl (C=O) groups excluding carboxylic acids is 1. The Morgan fingerprint density at radius 1 is 1.27 bits per heavy atom. The molecule has 1 aromatic carbocycles. The lowest BCUT2D eigenvalue weighted by atomic mass is 10.1. The summed E-state index contributed by atoms with van der Waals surface area (Å²) in [6, 6.07) is 11.7. The first-order valence-corrected chi connectivity index (χ1v) is 9.74. The van der Waals surface area contributed by atoms with Gasteiger partial charge in [-0.25, -0.2) is 0 Å². The number of amides is 1. The van der Waals surface area contributed by atoms with Crippen LogP contribution in [0.3, 0.4) is 0 Å². The molecule has 1 fully saturated rings. The number of carbonyl (C=O) groups is 1. The quantitative estimate of drug-likeness (QED) is 0.529. The highest BCUT2D eigenvalue weighted by Gasteiger charge is 2.37. The van der Waals surface area contributed by atoms with E-state index in [1.165, 1.54) is 17.3 Å². The molecule has 2 aromatic rings. The number of unbranched alkanes of at least 4 members (excludes halogenated alkanes) is 1. The Bertz CT molecular complexity index is 799. The van der Waals surface area contributed by atoms with Crippen molar-refractivity contribution < 1.29 is 9.21 Å². The second-order valence-corrected chi connectivity index (χ2v) is 7.41. The van der Waals surface area contributed by atoms with Crippen molar-refractivity contribution in [3.63, 3.8) is 0 Å². The SMILES string of the molecule is CCCC[C@H]1S/C(=N/N=C\c2ccco2)N(Cc2ccccc2C)C1=O. The summed E-state index contributed by atoms with van der Waals surface area (Å²) in [7, 11) is 0. The Morgan fingerprint density at radius 2 is 2.12 bits per heavy atom. The zero-order valence-electron chi connectivity index (χ0n) is 15.1. The Hall–Kier alpha value is -2.34. The van der Waals surface area contributed by atoms with Crippen molar-refractivity contribution in [1.29, 1.82) is 0 Å². The van der Waals surface area contributed by atoms with Crippen LogP contribution in [-0.2, 0) is 11.3 Å². The molecule has 0 spiro atoms. The molecule has 136 valence electrons. The van der Waals surface area contributed by atoms with Gasteiger partial charge in [-0.2, -0.15) is 5.10 Å². The van der Waals surface area contributed by atoms with Gasteiger partial charge in [0.15, 0.2) is 5.17 Å². The zero-order chi connectivity index (χ0) is 18.4. The third-order valence-corrected chi connectivity index (χ3v) is 5.54. The van der Waals surface area contributed by atoms with Crippen LogP contribution in [-0.4, -0.2) is 27.4 Å². The molecular formula is C20H23N3O2S. The highest BCUT2D eigenvalue weighted by Crippen LogP contribution is 2.32. The fourth-order valence-corrected chi connectivity index (χ4v) is 3.91. The maximum atomic E-state index is 12.9. The van der Waals surface area contributed by atoms with Crippen molar-refractivity contribution in [3.8, 4) is 0 Å². The molecule has 6 heteroatoms. The van der Waals surface area contributed by atoms with Crippen LogP contribution in [0.2, 0.25) is 0 Å². The molecule has 0 radical (unpaired) electrons. The Labute approximate surface area is 158 Å². The molecule has 0 aliphatic carbocycles. The maximum absolute atomic E-state index is 12.9. The van der Waals surface area contributed by atoms with Gasteiger partial charge in [0.1, 0.15) is 5.76 Å². The van der Waals surface area contributed by atoms with E-state index in [4.69, 9.17) is 4.42 Å². The number of rotatable bonds is 7. The van der Waals surface area contributed by atoms with Crippen LogP contribution in [0.5, 0.6) is 0 Å². The lowest BCUT2D eigenvalue weighted by Gasteiger charge is -2.17. The van der Waals surface area contributed by atoms with Gasteiger partial charge in [-0.15, -0.1) is 5.10 Å². The highest BCUT2D eigenvalue weighted by molar-refractivity contribution is 8.15. The minimum atomic E-state index is -0.0727. The van der Waals surface area contributed by atoms with Gasteiger partial charge in [0.05, 0.1) is 24.3 Å². The number of nitrogens with zero attached hydrogens (tertiary/aromatic N) is 3. The minimum Gasteiger partial charge on any atom is -0.463 e. The van der Waals surface area contributed by atoms with E-state index in [1.807, 2.05) is 18.2 Å². The molecule has 1 amide bonds. The van der Waals surface area contributed by atoms with Crippen molar-refractivity contribution in [2.75, 3.05) is 0 Å². The van der Waals surface area contributed by atoms with Gasteiger partial charge in [-0.1, -0.05) is 55.8 Å². The van der Waals surface area contributed by atoms with E-state index >= 15 is 0 Å². The van der Waals surface area contributed by atoms with Crippen LogP contribution in [0, 0.1) is 6.92 Å². The normalized spacial score (nSPS) is 19.2. The first-order chi connectivity index (χ1) is 12.7. The van der Waals surface area contributed by atoms with E-state index in [1.54, 1.807) is 23.4 Å². The molecule has 3 rings (SSSR count). The molecule has 2 heterocycles. The van der Waals surface area contributed by atoms with Crippen molar-refractivity contribution in [2.24, 2.45) is 10.2 Å². The van der Waals surface area contributed by atoms with E-state index in [-0.39, 0.29) is 11.2 Å². The number of thioether (sulfide) groups is 1. The number of furan rings is 1. The second kappa shape index (κ2) is 8.85. The predicted octanol–water partition coefficient (Wildman–Crippen LogP) is 4.61. The first-order valence-electron chi connectivity index (χ1n) is 8.86. The van der Waals surface area contributed by atoms with E-state index in [0.29, 0.717) is 17.5 Å². The fraction of sp³-hybridized carbons (Fsp3) is 0.350.